The van der Waals surface area contributed by atoms with E-state index in [-0.39, 0.29) is 29.9 Å². The van der Waals surface area contributed by atoms with Gasteiger partial charge in [0.2, 0.25) is 5.91 Å². The summed E-state index contributed by atoms with van der Waals surface area (Å²) in [6.07, 6.45) is 0.902. The zero-order chi connectivity index (χ0) is 17.8. The van der Waals surface area contributed by atoms with E-state index in [1.807, 2.05) is 43.0 Å². The second kappa shape index (κ2) is 7.97. The molecule has 2 aliphatic heterocycles. The summed E-state index contributed by atoms with van der Waals surface area (Å²) < 4.78 is 10.9. The molecule has 0 aliphatic carbocycles. The molecular weight excluding hydrogens is 320 g/mol. The van der Waals surface area contributed by atoms with E-state index in [1.54, 1.807) is 0 Å². The predicted molar refractivity (Wildman–Crippen MR) is 93.1 cm³/mol. The highest BCUT2D eigenvalue weighted by Crippen LogP contribution is 2.16. The monoisotopic (exact) mass is 346 g/mol. The summed E-state index contributed by atoms with van der Waals surface area (Å²) >= 11 is 0. The Kier molecular flexibility index (Phi) is 5.71. The van der Waals surface area contributed by atoms with Gasteiger partial charge in [0.1, 0.15) is 0 Å². The van der Waals surface area contributed by atoms with Gasteiger partial charge in [-0.05, 0) is 38.0 Å². The molecule has 25 heavy (non-hydrogen) atoms. The van der Waals surface area contributed by atoms with Crippen LogP contribution in [-0.4, -0.2) is 55.2 Å². The molecular formula is C19H26N2O4. The summed E-state index contributed by atoms with van der Waals surface area (Å²) in [4.78, 5) is 26.5. The van der Waals surface area contributed by atoms with Crippen molar-refractivity contribution in [2.45, 2.75) is 39.0 Å². The molecule has 0 bridgehead atoms. The molecule has 2 saturated heterocycles. The van der Waals surface area contributed by atoms with Crippen LogP contribution in [0.3, 0.4) is 0 Å². The molecule has 2 aliphatic rings. The second-order valence-corrected chi connectivity index (χ2v) is 6.94. The van der Waals surface area contributed by atoms with Crippen molar-refractivity contribution in [1.29, 1.82) is 0 Å². The van der Waals surface area contributed by atoms with Crippen molar-refractivity contribution in [3.8, 4) is 0 Å². The lowest BCUT2D eigenvalue weighted by molar-refractivity contribution is -0.125. The molecule has 0 saturated carbocycles. The second-order valence-electron chi connectivity index (χ2n) is 6.94. The van der Waals surface area contributed by atoms with Gasteiger partial charge in [0.25, 0.3) is 5.91 Å². The van der Waals surface area contributed by atoms with Gasteiger partial charge in [-0.1, -0.05) is 12.1 Å². The molecule has 6 nitrogen and oxygen atoms in total. The zero-order valence-electron chi connectivity index (χ0n) is 14.9. The Bertz CT molecular complexity index is 600. The number of benzene rings is 1. The molecule has 2 heterocycles. The molecule has 0 aromatic heterocycles. The Hall–Kier alpha value is -1.92. The molecule has 2 amide bonds. The smallest absolute Gasteiger partial charge is 0.254 e. The standard InChI is InChI=1S/C19H26N2O4/c1-13-10-21(11-14(2)25-13)19(23)16-5-3-15(4-6-16)9-20-18(22)17-7-8-24-12-17/h3-6,13-14,17H,7-12H2,1-2H3,(H,20,22)/t13-,14+,17-/m1/s1. The average molecular weight is 346 g/mol. The van der Waals surface area contributed by atoms with Gasteiger partial charge in [0.05, 0.1) is 24.7 Å². The third-order valence-electron chi connectivity index (χ3n) is 4.67. The number of nitrogens with zero attached hydrogens (tertiary/aromatic N) is 1. The van der Waals surface area contributed by atoms with Crippen molar-refractivity contribution in [2.24, 2.45) is 5.92 Å². The van der Waals surface area contributed by atoms with Crippen LogP contribution in [0.15, 0.2) is 24.3 Å². The van der Waals surface area contributed by atoms with Crippen LogP contribution in [0.2, 0.25) is 0 Å². The number of carbonyl (C=O) groups is 2. The van der Waals surface area contributed by atoms with Gasteiger partial charge >= 0.3 is 0 Å². The Balaban J connectivity index is 1.54. The molecule has 1 N–H and O–H groups in total. The summed E-state index contributed by atoms with van der Waals surface area (Å²) in [5, 5.41) is 2.93. The number of ether oxygens (including phenoxy) is 2. The van der Waals surface area contributed by atoms with Gasteiger partial charge in [-0.15, -0.1) is 0 Å². The minimum atomic E-state index is -0.0360. The molecule has 1 aromatic carbocycles. The highest BCUT2D eigenvalue weighted by atomic mass is 16.5. The lowest BCUT2D eigenvalue weighted by atomic mass is 10.1. The Labute approximate surface area is 148 Å². The van der Waals surface area contributed by atoms with E-state index < -0.39 is 0 Å². The lowest BCUT2D eigenvalue weighted by Crippen LogP contribution is -2.48. The number of nitrogens with one attached hydrogen (secondary N) is 1. The van der Waals surface area contributed by atoms with Crippen molar-refractivity contribution < 1.29 is 19.1 Å². The summed E-state index contributed by atoms with van der Waals surface area (Å²) in [6, 6.07) is 7.44. The summed E-state index contributed by atoms with van der Waals surface area (Å²) in [5.41, 5.74) is 1.65. The van der Waals surface area contributed by atoms with Crippen LogP contribution in [0.1, 0.15) is 36.2 Å². The first-order valence-electron chi connectivity index (χ1n) is 8.92. The maximum atomic E-state index is 12.6. The molecule has 0 spiro atoms. The van der Waals surface area contributed by atoms with Gasteiger partial charge in [-0.3, -0.25) is 9.59 Å². The molecule has 1 aromatic rings. The highest BCUT2D eigenvalue weighted by molar-refractivity contribution is 5.94. The fraction of sp³-hybridized carbons (Fsp3) is 0.579. The first-order valence-corrected chi connectivity index (χ1v) is 8.92. The van der Waals surface area contributed by atoms with Crippen LogP contribution in [0.4, 0.5) is 0 Å². The zero-order valence-corrected chi connectivity index (χ0v) is 14.9. The van der Waals surface area contributed by atoms with Crippen LogP contribution in [0, 0.1) is 5.92 Å². The normalized spacial score (nSPS) is 26.5. The molecule has 136 valence electrons. The van der Waals surface area contributed by atoms with Gasteiger partial charge < -0.3 is 19.7 Å². The van der Waals surface area contributed by atoms with Gasteiger partial charge in [0, 0.05) is 31.8 Å². The number of amides is 2. The van der Waals surface area contributed by atoms with Crippen molar-refractivity contribution >= 4 is 11.8 Å². The SMILES string of the molecule is C[C@@H]1CN(C(=O)c2ccc(CNC(=O)[C@@H]3CCOC3)cc2)C[C@H](C)O1. The van der Waals surface area contributed by atoms with E-state index in [1.165, 1.54) is 0 Å². The van der Waals surface area contributed by atoms with E-state index in [0.717, 1.165) is 12.0 Å². The fourth-order valence-electron chi connectivity index (χ4n) is 3.37. The van der Waals surface area contributed by atoms with Crippen LogP contribution in [0.5, 0.6) is 0 Å². The fourth-order valence-corrected chi connectivity index (χ4v) is 3.37. The summed E-state index contributed by atoms with van der Waals surface area (Å²) in [6.45, 7) is 6.84. The Morgan fingerprint density at radius 3 is 2.44 bits per heavy atom. The van der Waals surface area contributed by atoms with Crippen LogP contribution in [0.25, 0.3) is 0 Å². The number of hydrogen-bond acceptors (Lipinski definition) is 4. The van der Waals surface area contributed by atoms with E-state index in [2.05, 4.69) is 5.32 Å². The van der Waals surface area contributed by atoms with Crippen molar-refractivity contribution in [1.82, 2.24) is 10.2 Å². The molecule has 0 unspecified atom stereocenters. The minimum Gasteiger partial charge on any atom is -0.381 e. The highest BCUT2D eigenvalue weighted by Gasteiger charge is 2.26. The van der Waals surface area contributed by atoms with E-state index in [9.17, 15) is 9.59 Å². The van der Waals surface area contributed by atoms with Crippen LogP contribution in [-0.2, 0) is 20.8 Å². The number of carbonyl (C=O) groups excluding carboxylic acids is 2. The number of hydrogen-bond donors (Lipinski definition) is 1. The molecule has 2 fully saturated rings. The minimum absolute atomic E-state index is 0.0284. The van der Waals surface area contributed by atoms with E-state index in [4.69, 9.17) is 9.47 Å². The average Bonchev–Trinajstić information content (AvgIpc) is 3.13. The third kappa shape index (κ3) is 4.58. The third-order valence-corrected chi connectivity index (χ3v) is 4.67. The number of rotatable bonds is 4. The first-order chi connectivity index (χ1) is 12.0. The van der Waals surface area contributed by atoms with Gasteiger partial charge in [-0.25, -0.2) is 0 Å². The first kappa shape index (κ1) is 17.9. The molecule has 0 radical (unpaired) electrons. The van der Waals surface area contributed by atoms with Crippen molar-refractivity contribution in [3.63, 3.8) is 0 Å². The van der Waals surface area contributed by atoms with Crippen molar-refractivity contribution in [3.05, 3.63) is 35.4 Å². The topological polar surface area (TPSA) is 67.9 Å². The molecule has 6 heteroatoms. The number of morpholine rings is 1. The lowest BCUT2D eigenvalue weighted by Gasteiger charge is -2.35. The quantitative estimate of drug-likeness (QED) is 0.899. The van der Waals surface area contributed by atoms with Crippen LogP contribution >= 0.6 is 0 Å². The van der Waals surface area contributed by atoms with E-state index in [0.29, 0.717) is 38.4 Å². The maximum absolute atomic E-state index is 12.6. The largest absolute Gasteiger partial charge is 0.381 e. The molecule has 3 rings (SSSR count). The van der Waals surface area contributed by atoms with Gasteiger partial charge in [-0.2, -0.15) is 0 Å². The predicted octanol–water partition coefficient (Wildman–Crippen LogP) is 1.59. The summed E-state index contributed by atoms with van der Waals surface area (Å²) in [5.74, 6) is 0.0285. The summed E-state index contributed by atoms with van der Waals surface area (Å²) in [7, 11) is 0. The van der Waals surface area contributed by atoms with Crippen molar-refractivity contribution in [2.75, 3.05) is 26.3 Å². The maximum Gasteiger partial charge on any atom is 0.254 e. The van der Waals surface area contributed by atoms with Crippen LogP contribution < -0.4 is 5.32 Å². The van der Waals surface area contributed by atoms with E-state index >= 15 is 0 Å². The Morgan fingerprint density at radius 1 is 1.16 bits per heavy atom. The van der Waals surface area contributed by atoms with Gasteiger partial charge in [0.15, 0.2) is 0 Å². The Morgan fingerprint density at radius 2 is 1.84 bits per heavy atom. The molecule has 3 atom stereocenters.